The summed E-state index contributed by atoms with van der Waals surface area (Å²) in [6.07, 6.45) is 7.03. The number of amides is 1. The molecular weight excluding hydrogens is 272 g/mol. The molecular formula is C16H31ClN2O. The first-order chi connectivity index (χ1) is 9.13. The quantitative estimate of drug-likeness (QED) is 0.871. The third-order valence-corrected chi connectivity index (χ3v) is 5.31. The molecule has 1 amide bonds. The molecule has 0 aromatic heterocycles. The van der Waals surface area contributed by atoms with Crippen molar-refractivity contribution >= 4 is 18.3 Å². The van der Waals surface area contributed by atoms with Gasteiger partial charge in [0, 0.05) is 19.0 Å². The smallest absolute Gasteiger partial charge is 0.226 e. The van der Waals surface area contributed by atoms with Crippen LogP contribution in [0.5, 0.6) is 0 Å². The van der Waals surface area contributed by atoms with E-state index in [0.717, 1.165) is 37.8 Å². The number of carbonyl (C=O) groups is 1. The maximum Gasteiger partial charge on any atom is 0.226 e. The van der Waals surface area contributed by atoms with Gasteiger partial charge in [-0.05, 0) is 56.4 Å². The van der Waals surface area contributed by atoms with Gasteiger partial charge in [-0.25, -0.2) is 0 Å². The van der Waals surface area contributed by atoms with Gasteiger partial charge in [0.1, 0.15) is 0 Å². The third kappa shape index (κ3) is 4.11. The van der Waals surface area contributed by atoms with Crippen molar-refractivity contribution in [3.63, 3.8) is 0 Å². The molecule has 0 spiro atoms. The fourth-order valence-corrected chi connectivity index (χ4v) is 3.89. The van der Waals surface area contributed by atoms with Gasteiger partial charge in [0.05, 0.1) is 0 Å². The lowest BCUT2D eigenvalue weighted by Gasteiger charge is -2.27. The minimum absolute atomic E-state index is 0. The molecule has 1 aliphatic carbocycles. The molecule has 0 bridgehead atoms. The van der Waals surface area contributed by atoms with E-state index in [0.29, 0.717) is 18.4 Å². The van der Waals surface area contributed by atoms with Crippen molar-refractivity contribution in [2.45, 2.75) is 52.4 Å². The van der Waals surface area contributed by atoms with E-state index in [1.807, 2.05) is 0 Å². The predicted molar refractivity (Wildman–Crippen MR) is 85.9 cm³/mol. The highest BCUT2D eigenvalue weighted by molar-refractivity contribution is 5.85. The predicted octanol–water partition coefficient (Wildman–Crippen LogP) is 3.07. The van der Waals surface area contributed by atoms with Crippen molar-refractivity contribution in [1.82, 2.24) is 4.90 Å². The molecule has 1 saturated carbocycles. The number of nitrogens with two attached hydrogens (primary N) is 1. The minimum atomic E-state index is 0. The lowest BCUT2D eigenvalue weighted by atomic mass is 9.89. The Balaban J connectivity index is 0.00000200. The van der Waals surface area contributed by atoms with Crippen molar-refractivity contribution < 1.29 is 4.79 Å². The monoisotopic (exact) mass is 302 g/mol. The fourth-order valence-electron chi connectivity index (χ4n) is 3.89. The molecule has 1 heterocycles. The Morgan fingerprint density at radius 1 is 1.15 bits per heavy atom. The van der Waals surface area contributed by atoms with Gasteiger partial charge in [0.15, 0.2) is 0 Å². The summed E-state index contributed by atoms with van der Waals surface area (Å²) in [5, 5.41) is 0. The molecule has 1 aliphatic heterocycles. The van der Waals surface area contributed by atoms with Gasteiger partial charge >= 0.3 is 0 Å². The van der Waals surface area contributed by atoms with Crippen LogP contribution in [-0.4, -0.2) is 30.4 Å². The number of hydrogen-bond acceptors (Lipinski definition) is 2. The molecule has 3 atom stereocenters. The Labute approximate surface area is 130 Å². The lowest BCUT2D eigenvalue weighted by molar-refractivity contribution is -0.136. The first kappa shape index (κ1) is 17.8. The Hall–Kier alpha value is -0.280. The molecule has 1 unspecified atom stereocenters. The number of halogens is 1. The van der Waals surface area contributed by atoms with Gasteiger partial charge < -0.3 is 10.6 Å². The van der Waals surface area contributed by atoms with Crippen LogP contribution in [0.15, 0.2) is 0 Å². The average Bonchev–Trinajstić information content (AvgIpc) is 2.73. The van der Waals surface area contributed by atoms with Crippen LogP contribution in [0.1, 0.15) is 52.4 Å². The summed E-state index contributed by atoms with van der Waals surface area (Å²) in [7, 11) is 0. The second kappa shape index (κ2) is 8.23. The zero-order chi connectivity index (χ0) is 13.8. The fraction of sp³-hybridized carbons (Fsp3) is 0.938. The van der Waals surface area contributed by atoms with Gasteiger partial charge in [-0.3, -0.25) is 4.79 Å². The normalized spacial score (nSPS) is 31.0. The standard InChI is InChI=1S/C16H30N2O.ClH/c1-12(2)13-6-4-9-18(10-8-13)16(19)15-7-3-5-14(15)11-17;/h12-15H,3-11,17H2,1-2H3;1H/t13?,14-,15-;/m1./s1. The Morgan fingerprint density at radius 2 is 1.90 bits per heavy atom. The topological polar surface area (TPSA) is 46.3 Å². The highest BCUT2D eigenvalue weighted by atomic mass is 35.5. The van der Waals surface area contributed by atoms with E-state index in [1.165, 1.54) is 25.7 Å². The molecule has 4 heteroatoms. The van der Waals surface area contributed by atoms with E-state index >= 15 is 0 Å². The van der Waals surface area contributed by atoms with E-state index in [-0.39, 0.29) is 18.3 Å². The molecule has 118 valence electrons. The number of nitrogens with zero attached hydrogens (tertiary/aromatic N) is 1. The first-order valence-corrected chi connectivity index (χ1v) is 8.12. The Bertz CT molecular complexity index is 309. The van der Waals surface area contributed by atoms with Crippen molar-refractivity contribution in [3.8, 4) is 0 Å². The maximum atomic E-state index is 12.7. The summed E-state index contributed by atoms with van der Waals surface area (Å²) < 4.78 is 0. The zero-order valence-corrected chi connectivity index (χ0v) is 13.8. The lowest BCUT2D eigenvalue weighted by Crippen LogP contribution is -2.39. The van der Waals surface area contributed by atoms with Crippen LogP contribution in [0.3, 0.4) is 0 Å². The maximum absolute atomic E-state index is 12.7. The second-order valence-corrected chi connectivity index (χ2v) is 6.79. The molecule has 3 nitrogen and oxygen atoms in total. The van der Waals surface area contributed by atoms with E-state index in [1.54, 1.807) is 0 Å². The van der Waals surface area contributed by atoms with E-state index in [2.05, 4.69) is 18.7 Å². The molecule has 2 rings (SSSR count). The van der Waals surface area contributed by atoms with Gasteiger partial charge in [-0.1, -0.05) is 20.3 Å². The summed E-state index contributed by atoms with van der Waals surface area (Å²) in [5.74, 6) is 2.61. The molecule has 0 aromatic rings. The Morgan fingerprint density at radius 3 is 2.55 bits per heavy atom. The molecule has 0 aromatic carbocycles. The van der Waals surface area contributed by atoms with E-state index in [4.69, 9.17) is 5.73 Å². The number of carbonyl (C=O) groups excluding carboxylic acids is 1. The molecule has 2 fully saturated rings. The van der Waals surface area contributed by atoms with Crippen LogP contribution in [0, 0.1) is 23.7 Å². The number of rotatable bonds is 3. The van der Waals surface area contributed by atoms with Gasteiger partial charge in [-0.2, -0.15) is 0 Å². The van der Waals surface area contributed by atoms with Crippen molar-refractivity contribution in [1.29, 1.82) is 0 Å². The van der Waals surface area contributed by atoms with Crippen LogP contribution < -0.4 is 5.73 Å². The summed E-state index contributed by atoms with van der Waals surface area (Å²) >= 11 is 0. The SMILES string of the molecule is CC(C)C1CCCN(C(=O)[C@@H]2CCC[C@@H]2CN)CC1.Cl. The Kier molecular flexibility index (Phi) is 7.32. The number of hydrogen-bond donors (Lipinski definition) is 1. The molecule has 1 saturated heterocycles. The van der Waals surface area contributed by atoms with Crippen LogP contribution >= 0.6 is 12.4 Å². The molecule has 0 radical (unpaired) electrons. The minimum Gasteiger partial charge on any atom is -0.342 e. The van der Waals surface area contributed by atoms with E-state index in [9.17, 15) is 4.79 Å². The molecule has 20 heavy (non-hydrogen) atoms. The van der Waals surface area contributed by atoms with Crippen LogP contribution in [0.25, 0.3) is 0 Å². The average molecular weight is 303 g/mol. The molecule has 2 N–H and O–H groups in total. The van der Waals surface area contributed by atoms with Crippen molar-refractivity contribution in [2.75, 3.05) is 19.6 Å². The van der Waals surface area contributed by atoms with Gasteiger partial charge in [0.2, 0.25) is 5.91 Å². The summed E-state index contributed by atoms with van der Waals surface area (Å²) in [4.78, 5) is 14.8. The van der Waals surface area contributed by atoms with Gasteiger partial charge in [0.25, 0.3) is 0 Å². The first-order valence-electron chi connectivity index (χ1n) is 8.12. The second-order valence-electron chi connectivity index (χ2n) is 6.79. The van der Waals surface area contributed by atoms with Crippen LogP contribution in [-0.2, 0) is 4.79 Å². The van der Waals surface area contributed by atoms with Gasteiger partial charge in [-0.15, -0.1) is 12.4 Å². The summed E-state index contributed by atoms with van der Waals surface area (Å²) in [6, 6.07) is 0. The zero-order valence-electron chi connectivity index (χ0n) is 13.0. The largest absolute Gasteiger partial charge is 0.342 e. The summed E-state index contributed by atoms with van der Waals surface area (Å²) in [6.45, 7) is 7.23. The third-order valence-electron chi connectivity index (χ3n) is 5.31. The van der Waals surface area contributed by atoms with Crippen LogP contribution in [0.4, 0.5) is 0 Å². The highest BCUT2D eigenvalue weighted by Gasteiger charge is 2.35. The highest BCUT2D eigenvalue weighted by Crippen LogP contribution is 2.33. The van der Waals surface area contributed by atoms with Crippen molar-refractivity contribution in [3.05, 3.63) is 0 Å². The summed E-state index contributed by atoms with van der Waals surface area (Å²) in [5.41, 5.74) is 5.81. The van der Waals surface area contributed by atoms with Crippen molar-refractivity contribution in [2.24, 2.45) is 29.4 Å². The van der Waals surface area contributed by atoms with E-state index < -0.39 is 0 Å². The van der Waals surface area contributed by atoms with Crippen LogP contribution in [0.2, 0.25) is 0 Å². The number of likely N-dealkylation sites (tertiary alicyclic amines) is 1. The molecule has 2 aliphatic rings.